The SMILES string of the molecule is CSCCCNC(=O)C1(C)COCC1N. The van der Waals surface area contributed by atoms with Gasteiger partial charge in [0.15, 0.2) is 0 Å². The third kappa shape index (κ3) is 3.09. The number of amides is 1. The normalized spacial score (nSPS) is 30.5. The van der Waals surface area contributed by atoms with Crippen molar-refractivity contribution in [2.24, 2.45) is 11.1 Å². The number of ether oxygens (including phenoxy) is 1. The van der Waals surface area contributed by atoms with E-state index in [1.54, 1.807) is 11.8 Å². The Hall–Kier alpha value is -0.260. The molecule has 1 rings (SSSR count). The van der Waals surface area contributed by atoms with Crippen LogP contribution in [0.25, 0.3) is 0 Å². The van der Waals surface area contributed by atoms with Gasteiger partial charge in [0.25, 0.3) is 0 Å². The van der Waals surface area contributed by atoms with Gasteiger partial charge in [-0.1, -0.05) is 0 Å². The van der Waals surface area contributed by atoms with Gasteiger partial charge in [0.1, 0.15) is 0 Å². The highest BCUT2D eigenvalue weighted by Gasteiger charge is 2.43. The van der Waals surface area contributed by atoms with Crippen molar-refractivity contribution in [1.29, 1.82) is 0 Å². The quantitative estimate of drug-likeness (QED) is 0.666. The molecule has 2 atom stereocenters. The van der Waals surface area contributed by atoms with E-state index in [2.05, 4.69) is 11.6 Å². The average molecular weight is 232 g/mol. The molecule has 0 aliphatic carbocycles. The van der Waals surface area contributed by atoms with Crippen molar-refractivity contribution >= 4 is 17.7 Å². The number of nitrogens with two attached hydrogens (primary N) is 1. The van der Waals surface area contributed by atoms with E-state index in [1.807, 2.05) is 6.92 Å². The fourth-order valence-corrected chi connectivity index (χ4v) is 1.98. The Kier molecular flexibility index (Phi) is 4.89. The summed E-state index contributed by atoms with van der Waals surface area (Å²) in [7, 11) is 0. The van der Waals surface area contributed by atoms with Crippen molar-refractivity contribution in [2.45, 2.75) is 19.4 Å². The van der Waals surface area contributed by atoms with E-state index in [-0.39, 0.29) is 11.9 Å². The van der Waals surface area contributed by atoms with Gasteiger partial charge >= 0.3 is 0 Å². The summed E-state index contributed by atoms with van der Waals surface area (Å²) in [6.07, 6.45) is 3.06. The number of carbonyl (C=O) groups is 1. The third-order valence-electron chi connectivity index (χ3n) is 2.85. The zero-order valence-electron chi connectivity index (χ0n) is 9.41. The maximum Gasteiger partial charge on any atom is 0.229 e. The molecule has 5 heteroatoms. The van der Waals surface area contributed by atoms with Gasteiger partial charge in [-0.15, -0.1) is 0 Å². The summed E-state index contributed by atoms with van der Waals surface area (Å²) < 4.78 is 5.23. The highest BCUT2D eigenvalue weighted by Crippen LogP contribution is 2.26. The minimum atomic E-state index is -0.542. The van der Waals surface area contributed by atoms with Crippen LogP contribution in [-0.2, 0) is 9.53 Å². The minimum Gasteiger partial charge on any atom is -0.379 e. The molecule has 1 aliphatic heterocycles. The van der Waals surface area contributed by atoms with Gasteiger partial charge < -0.3 is 15.8 Å². The second-order valence-electron chi connectivity index (χ2n) is 4.14. The molecule has 1 fully saturated rings. The smallest absolute Gasteiger partial charge is 0.229 e. The van der Waals surface area contributed by atoms with Crippen LogP contribution in [0.2, 0.25) is 0 Å². The fraction of sp³-hybridized carbons (Fsp3) is 0.900. The van der Waals surface area contributed by atoms with Crippen LogP contribution >= 0.6 is 11.8 Å². The maximum absolute atomic E-state index is 11.9. The monoisotopic (exact) mass is 232 g/mol. The van der Waals surface area contributed by atoms with Crippen LogP contribution in [0.5, 0.6) is 0 Å². The first-order valence-corrected chi connectivity index (χ1v) is 6.61. The van der Waals surface area contributed by atoms with Crippen molar-refractivity contribution in [2.75, 3.05) is 31.8 Å². The van der Waals surface area contributed by atoms with Gasteiger partial charge in [-0.2, -0.15) is 11.8 Å². The Bertz CT molecular complexity index is 225. The molecule has 3 N–H and O–H groups in total. The molecular formula is C10H20N2O2S. The number of hydrogen-bond acceptors (Lipinski definition) is 4. The summed E-state index contributed by atoms with van der Waals surface area (Å²) in [4.78, 5) is 11.9. The molecule has 4 nitrogen and oxygen atoms in total. The summed E-state index contributed by atoms with van der Waals surface area (Å²) in [5.41, 5.74) is 5.31. The Balaban J connectivity index is 2.32. The molecule has 0 saturated carbocycles. The molecule has 1 heterocycles. The minimum absolute atomic E-state index is 0.0219. The summed E-state index contributed by atoms with van der Waals surface area (Å²) in [5.74, 6) is 1.09. The van der Waals surface area contributed by atoms with Crippen LogP contribution in [0.1, 0.15) is 13.3 Å². The van der Waals surface area contributed by atoms with E-state index in [4.69, 9.17) is 10.5 Å². The zero-order valence-corrected chi connectivity index (χ0v) is 10.2. The number of carbonyl (C=O) groups excluding carboxylic acids is 1. The molecule has 0 aromatic rings. The van der Waals surface area contributed by atoms with E-state index >= 15 is 0 Å². The van der Waals surface area contributed by atoms with Crippen LogP contribution in [0.3, 0.4) is 0 Å². The molecule has 1 amide bonds. The van der Waals surface area contributed by atoms with E-state index in [9.17, 15) is 4.79 Å². The van der Waals surface area contributed by atoms with Gasteiger partial charge in [0.2, 0.25) is 5.91 Å². The Morgan fingerprint density at radius 3 is 3.00 bits per heavy atom. The number of thioether (sulfide) groups is 1. The molecule has 88 valence electrons. The largest absolute Gasteiger partial charge is 0.379 e. The summed E-state index contributed by atoms with van der Waals surface area (Å²) >= 11 is 1.78. The van der Waals surface area contributed by atoms with Gasteiger partial charge in [0, 0.05) is 12.6 Å². The molecule has 0 aromatic carbocycles. The predicted octanol–water partition coefficient (Wildman–Crippen LogP) is 0.220. The van der Waals surface area contributed by atoms with Crippen molar-refractivity contribution < 1.29 is 9.53 Å². The zero-order chi connectivity index (χ0) is 11.3. The lowest BCUT2D eigenvalue weighted by molar-refractivity contribution is -0.130. The first kappa shape index (κ1) is 12.8. The Morgan fingerprint density at radius 2 is 2.47 bits per heavy atom. The highest BCUT2D eigenvalue weighted by atomic mass is 32.2. The first-order chi connectivity index (χ1) is 7.11. The molecular weight excluding hydrogens is 212 g/mol. The molecule has 1 saturated heterocycles. The number of rotatable bonds is 5. The van der Waals surface area contributed by atoms with Crippen LogP contribution in [0, 0.1) is 5.41 Å². The van der Waals surface area contributed by atoms with Crippen molar-refractivity contribution in [3.8, 4) is 0 Å². The van der Waals surface area contributed by atoms with Crippen LogP contribution in [0.4, 0.5) is 0 Å². The van der Waals surface area contributed by atoms with Gasteiger partial charge in [-0.25, -0.2) is 0 Å². The number of hydrogen-bond donors (Lipinski definition) is 2. The lowest BCUT2D eigenvalue weighted by Gasteiger charge is -2.25. The Labute approximate surface area is 95.3 Å². The molecule has 1 aliphatic rings. The van der Waals surface area contributed by atoms with Crippen LogP contribution in [-0.4, -0.2) is 43.7 Å². The molecule has 0 bridgehead atoms. The topological polar surface area (TPSA) is 64.3 Å². The van der Waals surface area contributed by atoms with Crippen molar-refractivity contribution in [3.05, 3.63) is 0 Å². The summed E-state index contributed by atoms with van der Waals surface area (Å²) in [6, 6.07) is -0.182. The van der Waals surface area contributed by atoms with E-state index in [0.29, 0.717) is 13.2 Å². The van der Waals surface area contributed by atoms with E-state index < -0.39 is 5.41 Å². The first-order valence-electron chi connectivity index (χ1n) is 5.22. The van der Waals surface area contributed by atoms with E-state index in [0.717, 1.165) is 18.7 Å². The lowest BCUT2D eigenvalue weighted by Crippen LogP contribution is -2.50. The second kappa shape index (κ2) is 5.72. The molecule has 0 spiro atoms. The van der Waals surface area contributed by atoms with Crippen LogP contribution in [0.15, 0.2) is 0 Å². The molecule has 15 heavy (non-hydrogen) atoms. The highest BCUT2D eigenvalue weighted by molar-refractivity contribution is 7.98. The van der Waals surface area contributed by atoms with E-state index in [1.165, 1.54) is 0 Å². The predicted molar refractivity (Wildman–Crippen MR) is 62.9 cm³/mol. The maximum atomic E-state index is 11.9. The second-order valence-corrected chi connectivity index (χ2v) is 5.13. The Morgan fingerprint density at radius 1 is 1.73 bits per heavy atom. The molecule has 2 unspecified atom stereocenters. The average Bonchev–Trinajstić information content (AvgIpc) is 2.55. The molecule has 0 aromatic heterocycles. The summed E-state index contributed by atoms with van der Waals surface area (Å²) in [5, 5.41) is 2.92. The van der Waals surface area contributed by atoms with Gasteiger partial charge in [0.05, 0.1) is 18.6 Å². The van der Waals surface area contributed by atoms with Gasteiger partial charge in [-0.3, -0.25) is 4.79 Å². The van der Waals surface area contributed by atoms with Crippen molar-refractivity contribution in [1.82, 2.24) is 5.32 Å². The fourth-order valence-electron chi connectivity index (χ4n) is 1.54. The van der Waals surface area contributed by atoms with Gasteiger partial charge in [-0.05, 0) is 25.4 Å². The van der Waals surface area contributed by atoms with Crippen LogP contribution < -0.4 is 11.1 Å². The molecule has 0 radical (unpaired) electrons. The third-order valence-corrected chi connectivity index (χ3v) is 3.54. The van der Waals surface area contributed by atoms with Crippen molar-refractivity contribution in [3.63, 3.8) is 0 Å². The standard InChI is InChI=1S/C10H20N2O2S/c1-10(7-14-6-8(10)11)9(13)12-4-3-5-15-2/h8H,3-7,11H2,1-2H3,(H,12,13). The number of nitrogens with one attached hydrogen (secondary N) is 1. The lowest BCUT2D eigenvalue weighted by atomic mass is 9.85. The summed E-state index contributed by atoms with van der Waals surface area (Å²) in [6.45, 7) is 3.51.